The quantitative estimate of drug-likeness (QED) is 0.758. The Balaban J connectivity index is 2.74. The van der Waals surface area contributed by atoms with Crippen LogP contribution in [0.4, 0.5) is 0 Å². The predicted molar refractivity (Wildman–Crippen MR) is 48.4 cm³/mol. The Bertz CT molecular complexity index is 317. The van der Waals surface area contributed by atoms with Crippen LogP contribution in [0.25, 0.3) is 0 Å². The molecule has 0 aliphatic heterocycles. The van der Waals surface area contributed by atoms with Crippen molar-refractivity contribution >= 4 is 5.97 Å². The van der Waals surface area contributed by atoms with Gasteiger partial charge in [0.25, 0.3) is 0 Å². The first-order valence-corrected chi connectivity index (χ1v) is 4.22. The molecule has 1 atom stereocenters. The van der Waals surface area contributed by atoms with Crippen LogP contribution in [0.1, 0.15) is 18.3 Å². The lowest BCUT2D eigenvalue weighted by Crippen LogP contribution is -2.13. The summed E-state index contributed by atoms with van der Waals surface area (Å²) in [5, 5.41) is 8.71. The minimum atomic E-state index is -0.773. The summed E-state index contributed by atoms with van der Waals surface area (Å²) in [5.74, 6) is -1.14. The molecule has 0 radical (unpaired) electrons. The average molecular weight is 182 g/mol. The number of nitrogens with zero attached hydrogens (tertiary/aromatic N) is 2. The van der Waals surface area contributed by atoms with Crippen molar-refractivity contribution in [2.45, 2.75) is 20.3 Å². The van der Waals surface area contributed by atoms with Gasteiger partial charge >= 0.3 is 5.97 Å². The lowest BCUT2D eigenvalue weighted by molar-refractivity contribution is -0.141. The molecule has 0 fully saturated rings. The largest absolute Gasteiger partial charge is 0.481 e. The van der Waals surface area contributed by atoms with Crippen LogP contribution in [0.15, 0.2) is 6.33 Å². The zero-order valence-corrected chi connectivity index (χ0v) is 8.11. The van der Waals surface area contributed by atoms with Gasteiger partial charge in [0.15, 0.2) is 0 Å². The van der Waals surface area contributed by atoms with Crippen molar-refractivity contribution in [3.63, 3.8) is 0 Å². The maximum Gasteiger partial charge on any atom is 0.306 e. The van der Waals surface area contributed by atoms with Gasteiger partial charge in [-0.25, -0.2) is 4.98 Å². The molecule has 72 valence electrons. The van der Waals surface area contributed by atoms with E-state index in [1.807, 2.05) is 18.5 Å². The van der Waals surface area contributed by atoms with Crippen molar-refractivity contribution in [3.8, 4) is 0 Å². The number of carboxylic acids is 1. The van der Waals surface area contributed by atoms with Gasteiger partial charge in [-0.2, -0.15) is 0 Å². The molecule has 0 aromatic carbocycles. The van der Waals surface area contributed by atoms with E-state index in [0.717, 1.165) is 11.4 Å². The number of aliphatic carboxylic acids is 1. The van der Waals surface area contributed by atoms with Gasteiger partial charge in [-0.05, 0) is 6.92 Å². The molecule has 0 aliphatic rings. The second-order valence-electron chi connectivity index (χ2n) is 3.33. The number of carboxylic acid groups (broad SMARTS) is 1. The molecular formula is C9H14N2O2. The first-order valence-electron chi connectivity index (χ1n) is 4.22. The smallest absolute Gasteiger partial charge is 0.306 e. The zero-order valence-electron chi connectivity index (χ0n) is 8.11. The van der Waals surface area contributed by atoms with Crippen LogP contribution < -0.4 is 0 Å². The standard InChI is InChI=1S/C9H14N2O2/c1-6(9(12)13)4-8-7(2)11(3)5-10-8/h5-6H,4H2,1-3H3,(H,12,13). The van der Waals surface area contributed by atoms with Gasteiger partial charge in [0, 0.05) is 19.2 Å². The molecular weight excluding hydrogens is 168 g/mol. The third kappa shape index (κ3) is 2.08. The zero-order chi connectivity index (χ0) is 10.0. The van der Waals surface area contributed by atoms with E-state index in [2.05, 4.69) is 4.98 Å². The highest BCUT2D eigenvalue weighted by molar-refractivity contribution is 5.69. The molecule has 0 saturated carbocycles. The van der Waals surface area contributed by atoms with E-state index in [1.54, 1.807) is 13.3 Å². The molecule has 4 heteroatoms. The van der Waals surface area contributed by atoms with Gasteiger partial charge in [-0.3, -0.25) is 4.79 Å². The molecule has 1 N–H and O–H groups in total. The van der Waals surface area contributed by atoms with E-state index in [4.69, 9.17) is 5.11 Å². The van der Waals surface area contributed by atoms with Crippen molar-refractivity contribution in [1.82, 2.24) is 9.55 Å². The summed E-state index contributed by atoms with van der Waals surface area (Å²) in [7, 11) is 1.90. The van der Waals surface area contributed by atoms with Crippen LogP contribution in [0.2, 0.25) is 0 Å². The molecule has 0 aliphatic carbocycles. The molecule has 1 aromatic heterocycles. The fourth-order valence-electron chi connectivity index (χ4n) is 1.12. The maximum atomic E-state index is 10.6. The highest BCUT2D eigenvalue weighted by Gasteiger charge is 2.14. The summed E-state index contributed by atoms with van der Waals surface area (Å²) in [5.41, 5.74) is 1.91. The number of rotatable bonds is 3. The third-order valence-corrected chi connectivity index (χ3v) is 2.25. The SMILES string of the molecule is Cc1c(CC(C)C(=O)O)ncn1C. The third-order valence-electron chi connectivity index (χ3n) is 2.25. The lowest BCUT2D eigenvalue weighted by Gasteiger charge is -2.04. The Morgan fingerprint density at radius 3 is 2.77 bits per heavy atom. The fraction of sp³-hybridized carbons (Fsp3) is 0.556. The van der Waals surface area contributed by atoms with Crippen LogP contribution in [0.5, 0.6) is 0 Å². The highest BCUT2D eigenvalue weighted by atomic mass is 16.4. The van der Waals surface area contributed by atoms with E-state index >= 15 is 0 Å². The molecule has 13 heavy (non-hydrogen) atoms. The fourth-order valence-corrected chi connectivity index (χ4v) is 1.12. The highest BCUT2D eigenvalue weighted by Crippen LogP contribution is 2.10. The average Bonchev–Trinajstić information content (AvgIpc) is 2.36. The normalized spacial score (nSPS) is 12.8. The van der Waals surface area contributed by atoms with Crippen molar-refractivity contribution in [2.75, 3.05) is 0 Å². The molecule has 4 nitrogen and oxygen atoms in total. The number of aryl methyl sites for hydroxylation is 1. The maximum absolute atomic E-state index is 10.6. The minimum Gasteiger partial charge on any atom is -0.481 e. The Morgan fingerprint density at radius 1 is 1.77 bits per heavy atom. The van der Waals surface area contributed by atoms with Gasteiger partial charge in [0.2, 0.25) is 0 Å². The van der Waals surface area contributed by atoms with E-state index < -0.39 is 5.97 Å². The summed E-state index contributed by atoms with van der Waals surface area (Å²) in [6.07, 6.45) is 2.21. The molecule has 1 aromatic rings. The Morgan fingerprint density at radius 2 is 2.38 bits per heavy atom. The van der Waals surface area contributed by atoms with Crippen LogP contribution in [0.3, 0.4) is 0 Å². The second kappa shape index (κ2) is 3.60. The Kier molecular flexibility index (Phi) is 2.70. The number of imidazole rings is 1. The molecule has 0 bridgehead atoms. The molecule has 0 spiro atoms. The number of aromatic nitrogens is 2. The summed E-state index contributed by atoms with van der Waals surface area (Å²) in [6.45, 7) is 3.63. The Labute approximate surface area is 77.2 Å². The molecule has 1 unspecified atom stereocenters. The number of carbonyl (C=O) groups is 1. The van der Waals surface area contributed by atoms with E-state index in [9.17, 15) is 4.79 Å². The van der Waals surface area contributed by atoms with Crippen molar-refractivity contribution in [1.29, 1.82) is 0 Å². The van der Waals surface area contributed by atoms with Gasteiger partial charge in [-0.1, -0.05) is 6.92 Å². The summed E-state index contributed by atoms with van der Waals surface area (Å²) in [6, 6.07) is 0. The van der Waals surface area contributed by atoms with Gasteiger partial charge < -0.3 is 9.67 Å². The Hall–Kier alpha value is -1.32. The van der Waals surface area contributed by atoms with Gasteiger partial charge in [0.1, 0.15) is 0 Å². The topological polar surface area (TPSA) is 55.1 Å². The summed E-state index contributed by atoms with van der Waals surface area (Å²) in [4.78, 5) is 14.7. The van der Waals surface area contributed by atoms with Crippen LogP contribution >= 0.6 is 0 Å². The van der Waals surface area contributed by atoms with Crippen LogP contribution in [-0.2, 0) is 18.3 Å². The predicted octanol–water partition coefficient (Wildman–Crippen LogP) is 0.992. The summed E-state index contributed by atoms with van der Waals surface area (Å²) >= 11 is 0. The van der Waals surface area contributed by atoms with Gasteiger partial charge in [-0.15, -0.1) is 0 Å². The number of hydrogen-bond acceptors (Lipinski definition) is 2. The van der Waals surface area contributed by atoms with Crippen molar-refractivity contribution < 1.29 is 9.90 Å². The molecule has 1 heterocycles. The monoisotopic (exact) mass is 182 g/mol. The van der Waals surface area contributed by atoms with Crippen molar-refractivity contribution in [2.24, 2.45) is 13.0 Å². The first kappa shape index (κ1) is 9.77. The van der Waals surface area contributed by atoms with E-state index in [0.29, 0.717) is 6.42 Å². The molecule has 1 rings (SSSR count). The van der Waals surface area contributed by atoms with E-state index in [1.165, 1.54) is 0 Å². The van der Waals surface area contributed by atoms with Crippen LogP contribution in [-0.4, -0.2) is 20.6 Å². The second-order valence-corrected chi connectivity index (χ2v) is 3.33. The lowest BCUT2D eigenvalue weighted by atomic mass is 10.1. The minimum absolute atomic E-state index is 0.367. The van der Waals surface area contributed by atoms with Crippen LogP contribution in [0, 0.1) is 12.8 Å². The van der Waals surface area contributed by atoms with Crippen molar-refractivity contribution in [3.05, 3.63) is 17.7 Å². The number of hydrogen-bond donors (Lipinski definition) is 1. The van der Waals surface area contributed by atoms with E-state index in [-0.39, 0.29) is 5.92 Å². The first-order chi connectivity index (χ1) is 6.02. The molecule has 0 amide bonds. The summed E-state index contributed by atoms with van der Waals surface area (Å²) < 4.78 is 1.89. The van der Waals surface area contributed by atoms with Gasteiger partial charge in [0.05, 0.1) is 17.9 Å². The molecule has 0 saturated heterocycles.